The number of nitrogens with one attached hydrogen (secondary N) is 1. The van der Waals surface area contributed by atoms with Gasteiger partial charge in [-0.05, 0) is 39.0 Å². The molecular formula is C23H20Cl2N4O2. The minimum Gasteiger partial charge on any atom is -0.444 e. The van der Waals surface area contributed by atoms with Crippen LogP contribution in [0.1, 0.15) is 20.8 Å². The van der Waals surface area contributed by atoms with Crippen molar-refractivity contribution >= 4 is 40.6 Å². The molecule has 0 unspecified atom stereocenters. The summed E-state index contributed by atoms with van der Waals surface area (Å²) in [6, 6.07) is 15.0. The lowest BCUT2D eigenvalue weighted by molar-refractivity contribution is 0.0636. The Balaban J connectivity index is 1.88. The third kappa shape index (κ3) is 4.50. The minimum absolute atomic E-state index is 0.440. The molecule has 31 heavy (non-hydrogen) atoms. The molecule has 8 heteroatoms. The van der Waals surface area contributed by atoms with Crippen molar-refractivity contribution in [2.45, 2.75) is 26.4 Å². The molecule has 158 valence electrons. The summed E-state index contributed by atoms with van der Waals surface area (Å²) in [5.74, 6) is 0. The number of hydrogen-bond acceptors (Lipinski definition) is 4. The standard InChI is InChI=1S/C23H20Cl2N4O2/c1-23(2,3)31-22(30)28-19-13-27-29-20(14-8-10-15(24)11-9-14)17(12-26-21(19)29)16-6-4-5-7-18(16)25/h4-13H,1-3H3,(H,28,30). The summed E-state index contributed by atoms with van der Waals surface area (Å²) in [5, 5.41) is 8.44. The molecule has 2 aromatic heterocycles. The van der Waals surface area contributed by atoms with Gasteiger partial charge in [0.1, 0.15) is 11.3 Å². The molecule has 2 heterocycles. The molecule has 0 atom stereocenters. The maximum atomic E-state index is 12.3. The van der Waals surface area contributed by atoms with Gasteiger partial charge in [0.15, 0.2) is 5.65 Å². The molecule has 0 spiro atoms. The van der Waals surface area contributed by atoms with Crippen LogP contribution in [-0.4, -0.2) is 26.3 Å². The van der Waals surface area contributed by atoms with Crippen LogP contribution in [0.25, 0.3) is 28.0 Å². The fraction of sp³-hybridized carbons (Fsp3) is 0.174. The second kappa shape index (κ2) is 8.21. The highest BCUT2D eigenvalue weighted by molar-refractivity contribution is 6.33. The molecule has 0 aliphatic rings. The number of benzene rings is 2. The minimum atomic E-state index is -0.619. The molecule has 0 fully saturated rings. The second-order valence-corrected chi connectivity index (χ2v) is 8.77. The summed E-state index contributed by atoms with van der Waals surface area (Å²) >= 11 is 12.6. The third-order valence-electron chi connectivity index (χ3n) is 4.44. The molecule has 0 saturated carbocycles. The summed E-state index contributed by atoms with van der Waals surface area (Å²) in [4.78, 5) is 16.8. The van der Waals surface area contributed by atoms with Crippen LogP contribution in [-0.2, 0) is 4.74 Å². The summed E-state index contributed by atoms with van der Waals surface area (Å²) < 4.78 is 7.03. The van der Waals surface area contributed by atoms with E-state index >= 15 is 0 Å². The number of aromatic nitrogens is 3. The highest BCUT2D eigenvalue weighted by Gasteiger charge is 2.21. The van der Waals surface area contributed by atoms with Crippen LogP contribution in [0.4, 0.5) is 10.5 Å². The van der Waals surface area contributed by atoms with Gasteiger partial charge in [-0.15, -0.1) is 0 Å². The quantitative estimate of drug-likeness (QED) is 0.373. The van der Waals surface area contributed by atoms with Gasteiger partial charge in [-0.2, -0.15) is 5.10 Å². The average molecular weight is 455 g/mol. The molecule has 2 aromatic carbocycles. The first kappa shape index (κ1) is 21.2. The smallest absolute Gasteiger partial charge is 0.412 e. The number of halogens is 2. The van der Waals surface area contributed by atoms with Crippen molar-refractivity contribution in [3.63, 3.8) is 0 Å². The van der Waals surface area contributed by atoms with Gasteiger partial charge in [0.2, 0.25) is 0 Å². The molecule has 0 radical (unpaired) electrons. The van der Waals surface area contributed by atoms with Crippen molar-refractivity contribution in [3.05, 3.63) is 71.0 Å². The Morgan fingerprint density at radius 2 is 1.71 bits per heavy atom. The zero-order valence-corrected chi connectivity index (χ0v) is 18.7. The fourth-order valence-corrected chi connectivity index (χ4v) is 3.56. The maximum Gasteiger partial charge on any atom is 0.412 e. The molecule has 1 N–H and O–H groups in total. The van der Waals surface area contributed by atoms with Crippen LogP contribution < -0.4 is 5.32 Å². The van der Waals surface area contributed by atoms with Gasteiger partial charge in [0, 0.05) is 32.9 Å². The largest absolute Gasteiger partial charge is 0.444 e. The predicted octanol–water partition coefficient (Wildman–Crippen LogP) is 6.72. The lowest BCUT2D eigenvalue weighted by atomic mass is 10.0. The van der Waals surface area contributed by atoms with E-state index in [0.717, 1.165) is 22.4 Å². The Kier molecular flexibility index (Phi) is 5.60. The van der Waals surface area contributed by atoms with E-state index < -0.39 is 11.7 Å². The van der Waals surface area contributed by atoms with E-state index in [1.807, 2.05) is 48.5 Å². The van der Waals surface area contributed by atoms with E-state index in [0.29, 0.717) is 21.4 Å². The van der Waals surface area contributed by atoms with E-state index in [-0.39, 0.29) is 0 Å². The van der Waals surface area contributed by atoms with Crippen molar-refractivity contribution < 1.29 is 9.53 Å². The first-order chi connectivity index (χ1) is 14.7. The number of carbonyl (C=O) groups is 1. The van der Waals surface area contributed by atoms with E-state index in [1.165, 1.54) is 0 Å². The molecule has 0 bridgehead atoms. The molecule has 4 rings (SSSR count). The number of rotatable bonds is 3. The monoisotopic (exact) mass is 454 g/mol. The van der Waals surface area contributed by atoms with Crippen LogP contribution in [0, 0.1) is 0 Å². The lowest BCUT2D eigenvalue weighted by Gasteiger charge is -2.19. The first-order valence-electron chi connectivity index (χ1n) is 9.60. The van der Waals surface area contributed by atoms with Gasteiger partial charge in [0.05, 0.1) is 11.9 Å². The molecule has 1 amide bonds. The number of fused-ring (bicyclic) bond motifs is 1. The van der Waals surface area contributed by atoms with Crippen molar-refractivity contribution in [1.82, 2.24) is 14.6 Å². The molecule has 6 nitrogen and oxygen atoms in total. The third-order valence-corrected chi connectivity index (χ3v) is 5.03. The van der Waals surface area contributed by atoms with E-state index in [4.69, 9.17) is 27.9 Å². The summed E-state index contributed by atoms with van der Waals surface area (Å²) in [6.07, 6.45) is 2.69. The number of carbonyl (C=O) groups excluding carboxylic acids is 1. The molecule has 4 aromatic rings. The topological polar surface area (TPSA) is 68.5 Å². The van der Waals surface area contributed by atoms with Crippen LogP contribution in [0.5, 0.6) is 0 Å². The highest BCUT2D eigenvalue weighted by atomic mass is 35.5. The normalized spacial score (nSPS) is 11.5. The number of ether oxygens (including phenoxy) is 1. The second-order valence-electron chi connectivity index (χ2n) is 7.93. The maximum absolute atomic E-state index is 12.3. The zero-order chi connectivity index (χ0) is 22.2. The Hall–Kier alpha value is -3.09. The van der Waals surface area contributed by atoms with Gasteiger partial charge < -0.3 is 4.74 Å². The predicted molar refractivity (Wildman–Crippen MR) is 124 cm³/mol. The van der Waals surface area contributed by atoms with Gasteiger partial charge in [-0.1, -0.05) is 53.5 Å². The Bertz CT molecular complexity index is 1260. The Labute approximate surface area is 189 Å². The Morgan fingerprint density at radius 1 is 1.00 bits per heavy atom. The van der Waals surface area contributed by atoms with Crippen molar-refractivity contribution in [2.24, 2.45) is 0 Å². The van der Waals surface area contributed by atoms with E-state index in [2.05, 4.69) is 15.4 Å². The lowest BCUT2D eigenvalue weighted by Crippen LogP contribution is -2.27. The van der Waals surface area contributed by atoms with Crippen molar-refractivity contribution in [3.8, 4) is 22.4 Å². The van der Waals surface area contributed by atoms with Crippen LogP contribution in [0.2, 0.25) is 10.0 Å². The fourth-order valence-electron chi connectivity index (χ4n) is 3.19. The van der Waals surface area contributed by atoms with Crippen molar-refractivity contribution in [1.29, 1.82) is 0 Å². The number of anilines is 1. The molecule has 0 saturated heterocycles. The van der Waals surface area contributed by atoms with Crippen LogP contribution in [0.15, 0.2) is 60.9 Å². The first-order valence-corrected chi connectivity index (χ1v) is 10.4. The van der Waals surface area contributed by atoms with Crippen LogP contribution >= 0.6 is 23.2 Å². The number of nitrogens with zero attached hydrogens (tertiary/aromatic N) is 3. The molecule has 0 aliphatic carbocycles. The zero-order valence-electron chi connectivity index (χ0n) is 17.2. The van der Waals surface area contributed by atoms with E-state index in [1.54, 1.807) is 37.7 Å². The van der Waals surface area contributed by atoms with E-state index in [9.17, 15) is 4.79 Å². The molecule has 0 aliphatic heterocycles. The Morgan fingerprint density at radius 3 is 2.39 bits per heavy atom. The number of amides is 1. The average Bonchev–Trinajstić information content (AvgIpc) is 3.10. The van der Waals surface area contributed by atoms with Gasteiger partial charge in [-0.3, -0.25) is 5.32 Å². The van der Waals surface area contributed by atoms with Crippen molar-refractivity contribution in [2.75, 3.05) is 5.32 Å². The molecular weight excluding hydrogens is 435 g/mol. The van der Waals surface area contributed by atoms with Crippen LogP contribution in [0.3, 0.4) is 0 Å². The van der Waals surface area contributed by atoms with Gasteiger partial charge in [-0.25, -0.2) is 14.3 Å². The summed E-state index contributed by atoms with van der Waals surface area (Å²) in [7, 11) is 0. The summed E-state index contributed by atoms with van der Waals surface area (Å²) in [6.45, 7) is 5.40. The SMILES string of the molecule is CC(C)(C)OC(=O)Nc1cnn2c(-c3ccc(Cl)cc3)c(-c3ccccc3Cl)cnc12. The summed E-state index contributed by atoms with van der Waals surface area (Å²) in [5.41, 5.74) is 3.56. The van der Waals surface area contributed by atoms with Gasteiger partial charge >= 0.3 is 6.09 Å². The highest BCUT2D eigenvalue weighted by Crippen LogP contribution is 2.37. The van der Waals surface area contributed by atoms with Gasteiger partial charge in [0.25, 0.3) is 0 Å². The number of hydrogen-bond donors (Lipinski definition) is 1.